The Morgan fingerprint density at radius 1 is 0.553 bits per heavy atom. The van der Waals surface area contributed by atoms with Gasteiger partial charge in [0.1, 0.15) is 6.10 Å². The fraction of sp³-hybridized carbons (Fsp3) is 0.970. The second-order valence-electron chi connectivity index (χ2n) is 11.7. The zero-order valence-corrected chi connectivity index (χ0v) is 25.6. The number of unbranched alkanes of at least 4 members (excludes halogenated alkanes) is 22. The van der Waals surface area contributed by atoms with Gasteiger partial charge in [-0.1, -0.05) is 162 Å². The largest absolute Gasteiger partial charge is 0.394 e. The van der Waals surface area contributed by atoms with E-state index in [1.54, 1.807) is 0 Å². The lowest BCUT2D eigenvalue weighted by Gasteiger charge is -2.26. The summed E-state index contributed by atoms with van der Waals surface area (Å²) in [6.45, 7) is 4.14. The van der Waals surface area contributed by atoms with Crippen LogP contribution in [0.2, 0.25) is 0 Å². The van der Waals surface area contributed by atoms with E-state index in [1.807, 2.05) is 0 Å². The summed E-state index contributed by atoms with van der Waals surface area (Å²) >= 11 is 0. The molecule has 0 aromatic carbocycles. The molecule has 38 heavy (non-hydrogen) atoms. The molecule has 0 rings (SSSR count). The molecule has 0 aromatic rings. The number of carbonyl (C=O) groups excluding carboxylic acids is 1. The molecule has 5 heteroatoms. The summed E-state index contributed by atoms with van der Waals surface area (Å²) in [5.74, 6) is -0.147. The second kappa shape index (κ2) is 29.3. The molecule has 3 unspecified atom stereocenters. The number of rotatable bonds is 30. The number of aliphatic hydroxyl groups excluding tert-OH is 3. The van der Waals surface area contributed by atoms with E-state index in [-0.39, 0.29) is 12.5 Å². The summed E-state index contributed by atoms with van der Waals surface area (Å²) in [6.07, 6.45) is 29.0. The molecule has 0 heterocycles. The highest BCUT2D eigenvalue weighted by atomic mass is 16.3. The van der Waals surface area contributed by atoms with Crippen molar-refractivity contribution >= 4 is 5.91 Å². The first-order chi connectivity index (χ1) is 18.6. The summed E-state index contributed by atoms with van der Waals surface area (Å²) in [4.78, 5) is 12.3. The van der Waals surface area contributed by atoms with Crippen LogP contribution in [0.4, 0.5) is 0 Å². The highest BCUT2D eigenvalue weighted by Crippen LogP contribution is 2.15. The predicted molar refractivity (Wildman–Crippen MR) is 162 cm³/mol. The van der Waals surface area contributed by atoms with E-state index in [4.69, 9.17) is 0 Å². The minimum absolute atomic E-state index is 0.147. The maximum atomic E-state index is 12.3. The minimum Gasteiger partial charge on any atom is -0.394 e. The van der Waals surface area contributed by atoms with Crippen molar-refractivity contribution in [2.24, 2.45) is 0 Å². The number of hydrogen-bond acceptors (Lipinski definition) is 4. The molecule has 1 amide bonds. The van der Waals surface area contributed by atoms with Crippen LogP contribution in [0, 0.1) is 0 Å². The second-order valence-corrected chi connectivity index (χ2v) is 11.7. The monoisotopic (exact) mass is 542 g/mol. The molecule has 0 aliphatic rings. The van der Waals surface area contributed by atoms with Gasteiger partial charge in [-0.05, 0) is 12.8 Å². The Balaban J connectivity index is 3.70. The third-order valence-corrected chi connectivity index (χ3v) is 7.96. The topological polar surface area (TPSA) is 89.8 Å². The van der Waals surface area contributed by atoms with Crippen LogP contribution in [0.15, 0.2) is 0 Å². The Morgan fingerprint density at radius 3 is 1.26 bits per heavy atom. The molecular weight excluding hydrogens is 474 g/mol. The van der Waals surface area contributed by atoms with E-state index in [9.17, 15) is 20.1 Å². The van der Waals surface area contributed by atoms with Crippen molar-refractivity contribution in [2.45, 2.75) is 199 Å². The van der Waals surface area contributed by atoms with Gasteiger partial charge in [0.2, 0.25) is 5.91 Å². The Labute approximate surface area is 237 Å². The van der Waals surface area contributed by atoms with Gasteiger partial charge < -0.3 is 20.6 Å². The van der Waals surface area contributed by atoms with Crippen LogP contribution in [0.5, 0.6) is 0 Å². The molecule has 0 saturated carbocycles. The summed E-state index contributed by atoms with van der Waals surface area (Å²) in [6, 6.07) is -0.799. The first kappa shape index (κ1) is 37.4. The highest BCUT2D eigenvalue weighted by Gasteiger charge is 2.26. The number of carbonyl (C=O) groups is 1. The molecule has 0 aliphatic heterocycles. The van der Waals surface area contributed by atoms with Crippen molar-refractivity contribution in [1.29, 1.82) is 0 Å². The van der Waals surface area contributed by atoms with Crippen molar-refractivity contribution in [3.63, 3.8) is 0 Å². The number of hydrogen-bond donors (Lipinski definition) is 4. The summed E-state index contributed by atoms with van der Waals surface area (Å²) < 4.78 is 0. The van der Waals surface area contributed by atoms with Gasteiger partial charge in [-0.15, -0.1) is 0 Å². The van der Waals surface area contributed by atoms with Gasteiger partial charge in [-0.25, -0.2) is 0 Å². The number of amides is 1. The van der Waals surface area contributed by atoms with Crippen LogP contribution >= 0.6 is 0 Å². The van der Waals surface area contributed by atoms with Gasteiger partial charge in [0.25, 0.3) is 0 Å². The maximum absolute atomic E-state index is 12.3. The molecular formula is C33H67NO4. The molecule has 4 N–H and O–H groups in total. The quantitative estimate of drug-likeness (QED) is 0.0688. The van der Waals surface area contributed by atoms with Crippen LogP contribution < -0.4 is 5.32 Å². The van der Waals surface area contributed by atoms with E-state index in [1.165, 1.54) is 122 Å². The summed E-state index contributed by atoms with van der Waals surface area (Å²) in [5, 5.41) is 33.2. The Bertz CT molecular complexity index is 488. The lowest BCUT2D eigenvalue weighted by molar-refractivity contribution is -0.124. The van der Waals surface area contributed by atoms with Gasteiger partial charge in [0.15, 0.2) is 0 Å². The van der Waals surface area contributed by atoms with Crippen LogP contribution in [-0.4, -0.2) is 46.1 Å². The predicted octanol–water partition coefficient (Wildman–Crippen LogP) is 8.37. The first-order valence-electron chi connectivity index (χ1n) is 16.8. The zero-order chi connectivity index (χ0) is 28.1. The van der Waals surface area contributed by atoms with Gasteiger partial charge in [-0.3, -0.25) is 4.79 Å². The van der Waals surface area contributed by atoms with Gasteiger partial charge in [0, 0.05) is 6.42 Å². The first-order valence-corrected chi connectivity index (χ1v) is 16.8. The van der Waals surface area contributed by atoms with E-state index in [0.29, 0.717) is 12.8 Å². The third-order valence-electron chi connectivity index (χ3n) is 7.96. The Kier molecular flexibility index (Phi) is 28.8. The molecule has 0 spiro atoms. The smallest absolute Gasteiger partial charge is 0.220 e. The van der Waals surface area contributed by atoms with Gasteiger partial charge in [-0.2, -0.15) is 0 Å². The lowest BCUT2D eigenvalue weighted by atomic mass is 9.99. The average molecular weight is 542 g/mol. The standard InChI is InChI=1S/C33H67NO4/c1-3-5-7-9-11-13-15-16-17-18-19-21-23-25-27-31(36)33(38)30(29-35)34-32(37)28-26-24-22-20-14-12-10-8-6-4-2/h30-31,33,35-36,38H,3-29H2,1-2H3,(H,34,37). The Hall–Kier alpha value is -0.650. The fourth-order valence-electron chi connectivity index (χ4n) is 5.28. The van der Waals surface area contributed by atoms with E-state index >= 15 is 0 Å². The maximum Gasteiger partial charge on any atom is 0.220 e. The molecule has 0 fully saturated rings. The van der Waals surface area contributed by atoms with Crippen molar-refractivity contribution in [3.05, 3.63) is 0 Å². The van der Waals surface area contributed by atoms with Crippen molar-refractivity contribution < 1.29 is 20.1 Å². The summed E-state index contributed by atoms with van der Waals surface area (Å²) in [7, 11) is 0. The normalized spacial score (nSPS) is 13.9. The van der Waals surface area contributed by atoms with E-state index < -0.39 is 18.2 Å². The highest BCUT2D eigenvalue weighted by molar-refractivity contribution is 5.76. The zero-order valence-electron chi connectivity index (χ0n) is 25.6. The van der Waals surface area contributed by atoms with Gasteiger partial charge in [0.05, 0.1) is 18.8 Å². The SMILES string of the molecule is CCCCCCCCCCCCCCCCC(O)C(O)C(CO)NC(=O)CCCCCCCCCCCC. The van der Waals surface area contributed by atoms with Crippen molar-refractivity contribution in [2.75, 3.05) is 6.61 Å². The molecule has 0 aromatic heterocycles. The molecule has 0 saturated heterocycles. The van der Waals surface area contributed by atoms with Gasteiger partial charge >= 0.3 is 0 Å². The van der Waals surface area contributed by atoms with E-state index in [0.717, 1.165) is 32.1 Å². The number of nitrogens with one attached hydrogen (secondary N) is 1. The van der Waals surface area contributed by atoms with Crippen LogP contribution in [0.1, 0.15) is 181 Å². The molecule has 3 atom stereocenters. The molecule has 5 nitrogen and oxygen atoms in total. The lowest BCUT2D eigenvalue weighted by Crippen LogP contribution is -2.50. The molecule has 0 aliphatic carbocycles. The summed E-state index contributed by atoms with van der Waals surface area (Å²) in [5.41, 5.74) is 0. The molecule has 0 bridgehead atoms. The molecule has 0 radical (unpaired) electrons. The molecule has 228 valence electrons. The third kappa shape index (κ3) is 24.4. The average Bonchev–Trinajstić information content (AvgIpc) is 2.92. The van der Waals surface area contributed by atoms with Crippen molar-refractivity contribution in [3.8, 4) is 0 Å². The Morgan fingerprint density at radius 2 is 0.895 bits per heavy atom. The van der Waals surface area contributed by atoms with Crippen LogP contribution in [0.3, 0.4) is 0 Å². The van der Waals surface area contributed by atoms with Crippen LogP contribution in [0.25, 0.3) is 0 Å². The van der Waals surface area contributed by atoms with Crippen molar-refractivity contribution in [1.82, 2.24) is 5.32 Å². The van der Waals surface area contributed by atoms with Crippen LogP contribution in [-0.2, 0) is 4.79 Å². The fourth-order valence-corrected chi connectivity index (χ4v) is 5.28. The van der Waals surface area contributed by atoms with E-state index in [2.05, 4.69) is 19.2 Å². The minimum atomic E-state index is -1.13. The number of aliphatic hydroxyl groups is 3.